The Morgan fingerprint density at radius 2 is 0.769 bits per heavy atom. The summed E-state index contributed by atoms with van der Waals surface area (Å²) in [4.78, 5) is 76.9. The zero-order chi connectivity index (χ0) is 38.5. The summed E-state index contributed by atoms with van der Waals surface area (Å²) in [5.74, 6) is -10.0. The van der Waals surface area contributed by atoms with Crippen LogP contribution in [0.25, 0.3) is 22.3 Å². The second-order valence-corrected chi connectivity index (χ2v) is 12.8. The molecule has 0 aliphatic carbocycles. The smallest absolute Gasteiger partial charge is 0.337 e. The van der Waals surface area contributed by atoms with Crippen LogP contribution in [0.2, 0.25) is 0 Å². The van der Waals surface area contributed by atoms with Gasteiger partial charge in [-0.2, -0.15) is 0 Å². The largest absolute Gasteiger partial charge is 0.478 e. The van der Waals surface area contributed by atoms with Crippen LogP contribution < -0.4 is 0 Å². The minimum Gasteiger partial charge on any atom is -0.478 e. The average Bonchev–Trinajstić information content (AvgIpc) is 3.09. The molecule has 0 radical (unpaired) electrons. The maximum atomic E-state index is 13.3. The number of benzene rings is 3. The molecule has 3 aromatic carbocycles. The molecule has 0 saturated carbocycles. The highest BCUT2D eigenvalue weighted by atomic mass is 16.4. The molecule has 0 heterocycles. The van der Waals surface area contributed by atoms with Gasteiger partial charge in [-0.3, -0.25) is 0 Å². The first-order valence-electron chi connectivity index (χ1n) is 17.7. The van der Waals surface area contributed by atoms with Gasteiger partial charge in [-0.05, 0) is 65.6 Å². The molecule has 0 fully saturated rings. The van der Waals surface area contributed by atoms with Crippen LogP contribution in [0.4, 0.5) is 0 Å². The van der Waals surface area contributed by atoms with E-state index in [9.17, 15) is 59.4 Å². The zero-order valence-corrected chi connectivity index (χ0v) is 29.5. The minimum absolute atomic E-state index is 0.0917. The van der Waals surface area contributed by atoms with Crippen molar-refractivity contribution < 1.29 is 59.4 Å². The van der Waals surface area contributed by atoms with Crippen molar-refractivity contribution in [2.24, 2.45) is 0 Å². The number of carboxylic acid groups (broad SMARTS) is 6. The van der Waals surface area contributed by atoms with Gasteiger partial charge in [0.15, 0.2) is 0 Å². The lowest BCUT2D eigenvalue weighted by molar-refractivity contribution is 0.0649. The average molecular weight is 719 g/mol. The maximum Gasteiger partial charge on any atom is 0.337 e. The molecule has 0 bridgehead atoms. The van der Waals surface area contributed by atoms with E-state index in [0.29, 0.717) is 25.7 Å². The first kappa shape index (κ1) is 40.9. The van der Waals surface area contributed by atoms with Crippen LogP contribution in [0.1, 0.15) is 164 Å². The number of carboxylic acids is 6. The lowest BCUT2D eigenvalue weighted by Gasteiger charge is -2.26. The summed E-state index contributed by atoms with van der Waals surface area (Å²) in [6.07, 6.45) is 10.1. The van der Waals surface area contributed by atoms with E-state index in [1.54, 1.807) is 0 Å². The number of unbranched alkanes of at least 4 members (excludes halogenated alkanes) is 10. The maximum absolute atomic E-state index is 13.3. The van der Waals surface area contributed by atoms with E-state index in [1.165, 1.54) is 18.2 Å². The van der Waals surface area contributed by atoms with Crippen molar-refractivity contribution in [2.75, 3.05) is 0 Å². The second-order valence-electron chi connectivity index (χ2n) is 12.8. The lowest BCUT2D eigenvalue weighted by Crippen LogP contribution is -2.20. The van der Waals surface area contributed by atoms with Crippen molar-refractivity contribution in [1.29, 1.82) is 0 Å². The van der Waals surface area contributed by atoms with Crippen LogP contribution >= 0.6 is 0 Å². The van der Waals surface area contributed by atoms with Gasteiger partial charge in [0, 0.05) is 5.56 Å². The van der Waals surface area contributed by atoms with Gasteiger partial charge in [-0.1, -0.05) is 102 Å². The molecule has 3 rings (SSSR count). The first-order chi connectivity index (χ1) is 24.8. The van der Waals surface area contributed by atoms with Gasteiger partial charge in [-0.15, -0.1) is 0 Å². The van der Waals surface area contributed by atoms with Gasteiger partial charge >= 0.3 is 35.8 Å². The van der Waals surface area contributed by atoms with Gasteiger partial charge in [0.1, 0.15) is 0 Å². The number of hydrogen-bond acceptors (Lipinski definition) is 6. The Kier molecular flexibility index (Phi) is 15.1. The Labute approximate surface area is 301 Å². The van der Waals surface area contributed by atoms with E-state index >= 15 is 0 Å². The molecule has 12 nitrogen and oxygen atoms in total. The Balaban J connectivity index is 2.68. The van der Waals surface area contributed by atoms with E-state index in [0.717, 1.165) is 69.6 Å². The molecule has 0 aliphatic heterocycles. The van der Waals surface area contributed by atoms with Crippen molar-refractivity contribution in [2.45, 2.75) is 104 Å². The summed E-state index contributed by atoms with van der Waals surface area (Å²) in [5.41, 5.74) is -5.34. The fraction of sp³-hybridized carbons (Fsp3) is 0.400. The van der Waals surface area contributed by atoms with Crippen LogP contribution in [-0.2, 0) is 12.8 Å². The SMILES string of the molecule is CCCCCCCCc1c(CCCCCCCC)c(-c2cccc(C(=O)O)c2C(=O)O)c(-c2cccc(C(=O)O)c2C(=O)O)c(C(=O)O)c1C(=O)O. The fourth-order valence-electron chi connectivity index (χ4n) is 6.92. The van der Waals surface area contributed by atoms with Crippen molar-refractivity contribution >= 4 is 35.8 Å². The summed E-state index contributed by atoms with van der Waals surface area (Å²) < 4.78 is 0. The van der Waals surface area contributed by atoms with Crippen LogP contribution in [-0.4, -0.2) is 66.5 Å². The van der Waals surface area contributed by atoms with Crippen molar-refractivity contribution in [1.82, 2.24) is 0 Å². The quantitative estimate of drug-likeness (QED) is 0.0535. The second kappa shape index (κ2) is 19.2. The Morgan fingerprint density at radius 1 is 0.404 bits per heavy atom. The van der Waals surface area contributed by atoms with Crippen molar-refractivity contribution in [3.63, 3.8) is 0 Å². The molecule has 0 atom stereocenters. The van der Waals surface area contributed by atoms with Gasteiger partial charge in [0.25, 0.3) is 0 Å². The molecule has 0 spiro atoms. The zero-order valence-electron chi connectivity index (χ0n) is 29.5. The monoisotopic (exact) mass is 718 g/mol. The van der Waals surface area contributed by atoms with Gasteiger partial charge < -0.3 is 30.6 Å². The predicted octanol–water partition coefficient (Wildman–Crippen LogP) is 9.02. The highest BCUT2D eigenvalue weighted by Crippen LogP contribution is 2.46. The van der Waals surface area contributed by atoms with Gasteiger partial charge in [0.05, 0.1) is 33.4 Å². The van der Waals surface area contributed by atoms with Crippen LogP contribution in [0.3, 0.4) is 0 Å². The normalized spacial score (nSPS) is 11.0. The Bertz CT molecular complexity index is 1840. The Morgan fingerprint density at radius 3 is 1.15 bits per heavy atom. The van der Waals surface area contributed by atoms with Crippen LogP contribution in [0, 0.1) is 0 Å². The van der Waals surface area contributed by atoms with E-state index in [-0.39, 0.29) is 35.1 Å². The molecule has 6 N–H and O–H groups in total. The van der Waals surface area contributed by atoms with Crippen LogP contribution in [0.5, 0.6) is 0 Å². The molecular weight excluding hydrogens is 672 g/mol. The topological polar surface area (TPSA) is 224 Å². The molecule has 0 aliphatic rings. The van der Waals surface area contributed by atoms with E-state index in [4.69, 9.17) is 0 Å². The third-order valence-corrected chi connectivity index (χ3v) is 9.26. The van der Waals surface area contributed by atoms with Crippen molar-refractivity contribution in [3.05, 3.63) is 80.9 Å². The summed E-state index contributed by atoms with van der Waals surface area (Å²) in [7, 11) is 0. The Hall–Kier alpha value is -5.52. The summed E-state index contributed by atoms with van der Waals surface area (Å²) >= 11 is 0. The minimum atomic E-state index is -1.77. The molecular formula is C40H46O12. The molecule has 52 heavy (non-hydrogen) atoms. The molecule has 0 unspecified atom stereocenters. The summed E-state index contributed by atoms with van der Waals surface area (Å²) in [6, 6.07) is 6.96. The van der Waals surface area contributed by atoms with Gasteiger partial charge in [-0.25, -0.2) is 28.8 Å². The van der Waals surface area contributed by atoms with E-state index in [1.807, 2.05) is 0 Å². The standard InChI is InChI=1S/C40H46O12/c1-3-5-7-9-11-13-17-23-24(18-14-12-10-8-6-4-2)33(39(49)50)34(40(51)52)32(26-20-16-22-28(36(43)44)31(26)38(47)48)29(23)25-19-15-21-27(35(41)42)30(25)37(45)46/h15-16,19-22H,3-14,17-18H2,1-2H3,(H,41,42)(H,43,44)(H,45,46)(H,47,48)(H,49,50)(H,51,52). The predicted molar refractivity (Wildman–Crippen MR) is 193 cm³/mol. The number of aromatic carboxylic acids is 6. The molecule has 12 heteroatoms. The van der Waals surface area contributed by atoms with E-state index in [2.05, 4.69) is 13.8 Å². The summed E-state index contributed by atoms with van der Waals surface area (Å²) in [6.45, 7) is 4.13. The molecule has 0 amide bonds. The lowest BCUT2D eigenvalue weighted by atomic mass is 9.76. The first-order valence-corrected chi connectivity index (χ1v) is 17.7. The van der Waals surface area contributed by atoms with Crippen LogP contribution in [0.15, 0.2) is 36.4 Å². The highest BCUT2D eigenvalue weighted by Gasteiger charge is 2.36. The molecule has 0 saturated heterocycles. The number of carbonyl (C=O) groups is 6. The third-order valence-electron chi connectivity index (χ3n) is 9.26. The number of rotatable bonds is 22. The fourth-order valence-corrected chi connectivity index (χ4v) is 6.92. The van der Waals surface area contributed by atoms with Gasteiger partial charge in [0.2, 0.25) is 0 Å². The highest BCUT2D eigenvalue weighted by molar-refractivity contribution is 6.17. The molecule has 278 valence electrons. The van der Waals surface area contributed by atoms with Crippen molar-refractivity contribution in [3.8, 4) is 22.3 Å². The third kappa shape index (κ3) is 9.42. The molecule has 0 aromatic heterocycles. The molecule has 3 aromatic rings. The number of hydrogen-bond donors (Lipinski definition) is 6. The van der Waals surface area contributed by atoms with E-state index < -0.39 is 80.3 Å². The summed E-state index contributed by atoms with van der Waals surface area (Å²) in [5, 5.41) is 62.4.